The van der Waals surface area contributed by atoms with Crippen LogP contribution in [-0.2, 0) is 0 Å². The number of hydrogen-bond donors (Lipinski definition) is 1. The molecule has 2 nitrogen and oxygen atoms in total. The second-order valence-corrected chi connectivity index (χ2v) is 3.66. The molecule has 2 N–H and O–H groups in total. The third kappa shape index (κ3) is 0.867. The van der Waals surface area contributed by atoms with Crippen LogP contribution in [0.3, 0.4) is 0 Å². The van der Waals surface area contributed by atoms with E-state index in [2.05, 4.69) is 11.8 Å². The molecular weight excluding hydrogens is 124 g/mol. The van der Waals surface area contributed by atoms with Crippen molar-refractivity contribution in [1.82, 2.24) is 4.90 Å². The van der Waals surface area contributed by atoms with E-state index in [-0.39, 0.29) is 0 Å². The minimum absolute atomic E-state index is 0.563. The van der Waals surface area contributed by atoms with Crippen molar-refractivity contribution in [1.29, 1.82) is 0 Å². The molecule has 0 radical (unpaired) electrons. The Kier molecular flexibility index (Phi) is 1.46. The molecule has 1 heterocycles. The first-order valence-electron chi connectivity index (χ1n) is 4.31. The van der Waals surface area contributed by atoms with E-state index < -0.39 is 0 Å². The summed E-state index contributed by atoms with van der Waals surface area (Å²) in [5.41, 5.74) is 5.80. The van der Waals surface area contributed by atoms with Gasteiger partial charge in [-0.05, 0) is 24.8 Å². The summed E-state index contributed by atoms with van der Waals surface area (Å²) in [6, 6.07) is 0.563. The Morgan fingerprint density at radius 1 is 1.40 bits per heavy atom. The van der Waals surface area contributed by atoms with Gasteiger partial charge in [0.1, 0.15) is 0 Å². The van der Waals surface area contributed by atoms with Crippen molar-refractivity contribution < 1.29 is 0 Å². The highest BCUT2D eigenvalue weighted by Crippen LogP contribution is 2.43. The van der Waals surface area contributed by atoms with Crippen molar-refractivity contribution in [3.05, 3.63) is 0 Å². The zero-order chi connectivity index (χ0) is 7.14. The molecule has 10 heavy (non-hydrogen) atoms. The molecule has 0 aromatic carbocycles. The van der Waals surface area contributed by atoms with Crippen LogP contribution in [0.15, 0.2) is 0 Å². The molecule has 1 aliphatic heterocycles. The van der Waals surface area contributed by atoms with Gasteiger partial charge in [0.25, 0.3) is 0 Å². The van der Waals surface area contributed by atoms with Crippen molar-refractivity contribution in [2.75, 3.05) is 19.6 Å². The highest BCUT2D eigenvalue weighted by Gasteiger charge is 2.52. The highest BCUT2D eigenvalue weighted by molar-refractivity contribution is 5.08. The van der Waals surface area contributed by atoms with Crippen LogP contribution >= 0.6 is 0 Å². The lowest BCUT2D eigenvalue weighted by Gasteiger charge is -2.16. The number of nitrogens with two attached hydrogens (primary N) is 1. The first-order valence-corrected chi connectivity index (χ1v) is 4.31. The lowest BCUT2D eigenvalue weighted by molar-refractivity contribution is 0.299. The fourth-order valence-electron chi connectivity index (χ4n) is 2.16. The van der Waals surface area contributed by atoms with E-state index in [4.69, 9.17) is 5.73 Å². The van der Waals surface area contributed by atoms with Crippen molar-refractivity contribution >= 4 is 0 Å². The van der Waals surface area contributed by atoms with Gasteiger partial charge in [0, 0.05) is 19.1 Å². The maximum absolute atomic E-state index is 5.80. The lowest BCUT2D eigenvalue weighted by atomic mass is 10.3. The van der Waals surface area contributed by atoms with Gasteiger partial charge in [-0.15, -0.1) is 0 Å². The van der Waals surface area contributed by atoms with Gasteiger partial charge in [-0.25, -0.2) is 0 Å². The molecule has 0 aromatic rings. The maximum Gasteiger partial charge on any atom is 0.0127 e. The molecule has 2 aliphatic rings. The second kappa shape index (κ2) is 2.21. The number of likely N-dealkylation sites (tertiary alicyclic amines) is 1. The third-order valence-corrected chi connectivity index (χ3v) is 2.88. The van der Waals surface area contributed by atoms with E-state index in [9.17, 15) is 0 Å². The fourth-order valence-corrected chi connectivity index (χ4v) is 2.16. The van der Waals surface area contributed by atoms with Gasteiger partial charge in [-0.3, -0.25) is 0 Å². The lowest BCUT2D eigenvalue weighted by Crippen LogP contribution is -2.28. The Hall–Kier alpha value is -0.0800. The Bertz CT molecular complexity index is 123. The number of hydrogen-bond acceptors (Lipinski definition) is 2. The summed E-state index contributed by atoms with van der Waals surface area (Å²) in [7, 11) is 0. The quantitative estimate of drug-likeness (QED) is 0.597. The molecule has 1 unspecified atom stereocenters. The van der Waals surface area contributed by atoms with Crippen LogP contribution in [0.2, 0.25) is 0 Å². The third-order valence-electron chi connectivity index (χ3n) is 2.88. The van der Waals surface area contributed by atoms with Gasteiger partial charge in [-0.2, -0.15) is 0 Å². The molecule has 0 spiro atoms. The Labute approximate surface area is 62.4 Å². The number of rotatable bonds is 2. The average molecular weight is 140 g/mol. The number of nitrogens with zero attached hydrogens (tertiary/aromatic N) is 1. The predicted molar refractivity (Wildman–Crippen MR) is 41.7 cm³/mol. The van der Waals surface area contributed by atoms with E-state index in [0.717, 1.165) is 11.8 Å². The Morgan fingerprint density at radius 2 is 2.00 bits per heavy atom. The molecule has 0 amide bonds. The normalized spacial score (nSPS) is 45.6. The second-order valence-electron chi connectivity index (χ2n) is 3.66. The van der Waals surface area contributed by atoms with Gasteiger partial charge >= 0.3 is 0 Å². The zero-order valence-corrected chi connectivity index (χ0v) is 6.59. The summed E-state index contributed by atoms with van der Waals surface area (Å²) >= 11 is 0. The van der Waals surface area contributed by atoms with Crippen LogP contribution in [0.5, 0.6) is 0 Å². The summed E-state index contributed by atoms with van der Waals surface area (Å²) in [5.74, 6) is 1.73. The molecule has 1 saturated carbocycles. The SMILES string of the molecule is CCCN1C[C@@H]2C(N)[C@@H]2C1. The molecule has 3 atom stereocenters. The average Bonchev–Trinajstić information content (AvgIpc) is 2.44. The van der Waals surface area contributed by atoms with Gasteiger partial charge in [-0.1, -0.05) is 6.92 Å². The van der Waals surface area contributed by atoms with Crippen LogP contribution in [-0.4, -0.2) is 30.6 Å². The van der Waals surface area contributed by atoms with Crippen LogP contribution in [0.1, 0.15) is 13.3 Å². The molecule has 2 rings (SSSR count). The first-order chi connectivity index (χ1) is 4.83. The Morgan fingerprint density at radius 3 is 2.50 bits per heavy atom. The van der Waals surface area contributed by atoms with Crippen LogP contribution in [0.25, 0.3) is 0 Å². The molecule has 58 valence electrons. The van der Waals surface area contributed by atoms with Gasteiger partial charge in [0.15, 0.2) is 0 Å². The van der Waals surface area contributed by atoms with Gasteiger partial charge in [0.05, 0.1) is 0 Å². The van der Waals surface area contributed by atoms with E-state index in [1.165, 1.54) is 26.1 Å². The topological polar surface area (TPSA) is 29.3 Å². The van der Waals surface area contributed by atoms with Crippen LogP contribution < -0.4 is 5.73 Å². The molecule has 0 aromatic heterocycles. The maximum atomic E-state index is 5.80. The molecule has 0 bridgehead atoms. The van der Waals surface area contributed by atoms with Crippen LogP contribution in [0, 0.1) is 11.8 Å². The summed E-state index contributed by atoms with van der Waals surface area (Å²) in [5, 5.41) is 0. The molecule has 2 fully saturated rings. The summed E-state index contributed by atoms with van der Waals surface area (Å²) in [6.07, 6.45) is 1.29. The monoisotopic (exact) mass is 140 g/mol. The standard InChI is InChI=1S/C8H16N2/c1-2-3-10-4-6-7(5-10)8(6)9/h6-8H,2-5,9H2,1H3/t6-,7+,8?. The van der Waals surface area contributed by atoms with Crippen molar-refractivity contribution in [2.45, 2.75) is 19.4 Å². The zero-order valence-electron chi connectivity index (χ0n) is 6.59. The van der Waals surface area contributed by atoms with Crippen molar-refractivity contribution in [2.24, 2.45) is 17.6 Å². The number of fused-ring (bicyclic) bond motifs is 1. The minimum Gasteiger partial charge on any atom is -0.327 e. The van der Waals surface area contributed by atoms with Gasteiger partial charge in [0.2, 0.25) is 0 Å². The smallest absolute Gasteiger partial charge is 0.0127 e. The molecule has 1 saturated heterocycles. The van der Waals surface area contributed by atoms with E-state index in [1.807, 2.05) is 0 Å². The predicted octanol–water partition coefficient (Wildman–Crippen LogP) is 0.285. The van der Waals surface area contributed by atoms with Crippen LogP contribution in [0.4, 0.5) is 0 Å². The molecular formula is C8H16N2. The summed E-state index contributed by atoms with van der Waals surface area (Å²) in [6.45, 7) is 6.07. The summed E-state index contributed by atoms with van der Waals surface area (Å²) < 4.78 is 0. The Balaban J connectivity index is 1.79. The minimum atomic E-state index is 0.563. The first kappa shape index (κ1) is 6.62. The van der Waals surface area contributed by atoms with Gasteiger partial charge < -0.3 is 10.6 Å². The summed E-state index contributed by atoms with van der Waals surface area (Å²) in [4.78, 5) is 2.54. The number of piperidine rings is 1. The van der Waals surface area contributed by atoms with Crippen molar-refractivity contribution in [3.8, 4) is 0 Å². The largest absolute Gasteiger partial charge is 0.327 e. The van der Waals surface area contributed by atoms with E-state index >= 15 is 0 Å². The highest BCUT2D eigenvalue weighted by atomic mass is 15.2. The van der Waals surface area contributed by atoms with E-state index in [0.29, 0.717) is 6.04 Å². The van der Waals surface area contributed by atoms with Crippen molar-refractivity contribution in [3.63, 3.8) is 0 Å². The fraction of sp³-hybridized carbons (Fsp3) is 1.00. The molecule has 1 aliphatic carbocycles. The molecule has 2 heteroatoms. The van der Waals surface area contributed by atoms with E-state index in [1.54, 1.807) is 0 Å².